The lowest BCUT2D eigenvalue weighted by molar-refractivity contribution is -0.401. The van der Waals surface area contributed by atoms with Crippen molar-refractivity contribution in [1.82, 2.24) is 15.0 Å². The van der Waals surface area contributed by atoms with E-state index in [0.29, 0.717) is 55.2 Å². The fraction of sp³-hybridized carbons (Fsp3) is 0.676. The van der Waals surface area contributed by atoms with E-state index >= 15 is 0 Å². The van der Waals surface area contributed by atoms with Gasteiger partial charge < -0.3 is 33.9 Å². The first kappa shape index (κ1) is 30.7. The summed E-state index contributed by atoms with van der Waals surface area (Å²) in [5, 5.41) is 32.1. The molecule has 2 N–H and O–H groups in total. The lowest BCUT2D eigenvalue weighted by Gasteiger charge is -2.72. The number of hydrogen-bond donors (Lipinski definition) is 2. The number of aliphatic hydroxyl groups excluding tert-OH is 2. The van der Waals surface area contributed by atoms with Gasteiger partial charge in [-0.2, -0.15) is 0 Å². The van der Waals surface area contributed by atoms with Gasteiger partial charge in [0, 0.05) is 29.9 Å². The van der Waals surface area contributed by atoms with Crippen LogP contribution in [0.15, 0.2) is 30.5 Å². The Morgan fingerprint density at radius 2 is 1.82 bits per heavy atom. The maximum atomic E-state index is 13.9. The van der Waals surface area contributed by atoms with E-state index in [1.54, 1.807) is 26.0 Å². The Morgan fingerprint density at radius 1 is 1.09 bits per heavy atom. The summed E-state index contributed by atoms with van der Waals surface area (Å²) in [5.41, 5.74) is 0.373. The zero-order valence-electron chi connectivity index (χ0n) is 26.8. The van der Waals surface area contributed by atoms with Crippen molar-refractivity contribution in [2.24, 2.45) is 34.0 Å². The number of carbonyl (C=O) groups excluding carboxylic acids is 1. The molecule has 3 heterocycles. The number of nitrogens with zero attached hydrogens (tertiary/aromatic N) is 3. The topological polar surface area (TPSA) is 134 Å². The summed E-state index contributed by atoms with van der Waals surface area (Å²) in [5.74, 6) is 0.895. The van der Waals surface area contributed by atoms with Gasteiger partial charge in [-0.15, -0.1) is 5.10 Å². The van der Waals surface area contributed by atoms with Gasteiger partial charge in [-0.25, -0.2) is 4.68 Å². The molecule has 1 aromatic heterocycles. The van der Waals surface area contributed by atoms with E-state index in [-0.39, 0.29) is 17.1 Å². The lowest BCUT2D eigenvalue weighted by atomic mass is 9.37. The monoisotopic (exact) mass is 623 g/mol. The molecule has 6 fully saturated rings. The molecule has 0 radical (unpaired) electrons. The van der Waals surface area contributed by atoms with Crippen LogP contribution in [0.4, 0.5) is 0 Å². The number of benzene rings is 1. The summed E-state index contributed by atoms with van der Waals surface area (Å²) in [7, 11) is 4.74. The number of rotatable bonds is 9. The van der Waals surface area contributed by atoms with E-state index in [1.165, 1.54) is 0 Å². The Hall–Kier alpha value is -2.99. The molecule has 8 rings (SSSR count). The van der Waals surface area contributed by atoms with Gasteiger partial charge in [0.25, 0.3) is 0 Å². The molecule has 11 nitrogen and oxygen atoms in total. The third-order valence-electron chi connectivity index (χ3n) is 12.0. The molecule has 6 aliphatic rings. The van der Waals surface area contributed by atoms with Gasteiger partial charge in [0.05, 0.1) is 63.9 Å². The van der Waals surface area contributed by atoms with E-state index in [0.717, 1.165) is 30.5 Å². The highest BCUT2D eigenvalue weighted by molar-refractivity contribution is 6.04. The second kappa shape index (κ2) is 10.8. The van der Waals surface area contributed by atoms with Crippen LogP contribution < -0.4 is 14.2 Å². The molecule has 11 heteroatoms. The molecule has 0 amide bonds. The van der Waals surface area contributed by atoms with Crippen LogP contribution >= 0.6 is 0 Å². The zero-order valence-corrected chi connectivity index (χ0v) is 26.8. The normalized spacial score (nSPS) is 37.7. The Kier molecular flexibility index (Phi) is 7.35. The molecule has 45 heavy (non-hydrogen) atoms. The molecule has 2 spiro atoms. The molecule has 2 aromatic rings. The van der Waals surface area contributed by atoms with Crippen molar-refractivity contribution in [3.05, 3.63) is 41.7 Å². The van der Waals surface area contributed by atoms with Gasteiger partial charge >= 0.3 is 0 Å². The minimum absolute atomic E-state index is 0.0147. The Balaban J connectivity index is 1.11. The number of ketones is 1. The summed E-state index contributed by atoms with van der Waals surface area (Å²) < 4.78 is 31.5. The van der Waals surface area contributed by atoms with E-state index in [4.69, 9.17) is 23.7 Å². The molecule has 0 unspecified atom stereocenters. The van der Waals surface area contributed by atoms with Crippen LogP contribution in [-0.2, 0) is 27.2 Å². The van der Waals surface area contributed by atoms with E-state index in [9.17, 15) is 15.0 Å². The predicted molar refractivity (Wildman–Crippen MR) is 162 cm³/mol. The summed E-state index contributed by atoms with van der Waals surface area (Å²) in [4.78, 5) is 13.9. The summed E-state index contributed by atoms with van der Waals surface area (Å²) in [6.07, 6.45) is 3.48. The van der Waals surface area contributed by atoms with Gasteiger partial charge in [-0.05, 0) is 60.3 Å². The number of aliphatic hydroxyl groups is 2. The molecule has 4 aliphatic carbocycles. The highest BCUT2D eigenvalue weighted by atomic mass is 16.7. The van der Waals surface area contributed by atoms with Crippen molar-refractivity contribution < 1.29 is 38.7 Å². The van der Waals surface area contributed by atoms with Gasteiger partial charge in [-0.1, -0.05) is 32.1 Å². The van der Waals surface area contributed by atoms with Crippen molar-refractivity contribution in [2.75, 3.05) is 27.9 Å². The molecule has 9 atom stereocenters. The molecule has 2 saturated heterocycles. The zero-order chi connectivity index (χ0) is 31.9. The van der Waals surface area contributed by atoms with Crippen LogP contribution in [0.25, 0.3) is 0 Å². The Labute approximate surface area is 263 Å². The molecule has 1 aromatic carbocycles. The minimum atomic E-state index is -1.15. The van der Waals surface area contributed by atoms with Crippen LogP contribution in [-0.4, -0.2) is 83.5 Å². The standard InChI is InChI=1S/C34H45N3O8/c1-18-21-14-22(38)28-33-10-7-9-32(2,3)25(33)15-26(34(28,29(18)39)30(21)40)45-31(33)44-11-8-20-17-37(36-35-20)16-19-12-23(41-4)27(43-6)24(13-19)42-5/h12-13,17,21-22,25-26,28,30-31,38,40H,1,7-11,14-16H2,2-6H3/t21-,22-,25+,26+,28-,30+,31-,33-,34+/m0/s1. The third kappa shape index (κ3) is 4.19. The number of ether oxygens (including phenoxy) is 5. The van der Waals surface area contributed by atoms with E-state index in [1.807, 2.05) is 18.3 Å². The molecule has 244 valence electrons. The highest BCUT2D eigenvalue weighted by Crippen LogP contribution is 2.75. The summed E-state index contributed by atoms with van der Waals surface area (Å²) in [6.45, 7) is 9.46. The van der Waals surface area contributed by atoms with Crippen molar-refractivity contribution >= 4 is 5.78 Å². The Morgan fingerprint density at radius 3 is 2.51 bits per heavy atom. The maximum Gasteiger partial charge on any atom is 0.203 e. The van der Waals surface area contributed by atoms with Crippen molar-refractivity contribution in [3.8, 4) is 17.2 Å². The van der Waals surface area contributed by atoms with E-state index < -0.39 is 47.3 Å². The fourth-order valence-electron chi connectivity index (χ4n) is 10.3. The van der Waals surface area contributed by atoms with Crippen LogP contribution in [0.3, 0.4) is 0 Å². The highest BCUT2D eigenvalue weighted by Gasteiger charge is 2.81. The molecule has 4 saturated carbocycles. The Bertz CT molecular complexity index is 1480. The number of aromatic nitrogens is 3. The van der Waals surface area contributed by atoms with Crippen molar-refractivity contribution in [2.45, 2.75) is 83.5 Å². The van der Waals surface area contributed by atoms with E-state index in [2.05, 4.69) is 30.7 Å². The van der Waals surface area contributed by atoms with Crippen molar-refractivity contribution in [1.29, 1.82) is 0 Å². The maximum absolute atomic E-state index is 13.9. The third-order valence-corrected chi connectivity index (χ3v) is 12.0. The average Bonchev–Trinajstić information content (AvgIpc) is 3.50. The van der Waals surface area contributed by atoms with Gasteiger partial charge in [0.15, 0.2) is 23.6 Å². The molecule has 4 bridgehead atoms. The number of fused-ring (bicyclic) bond motifs is 2. The number of hydrogen-bond acceptors (Lipinski definition) is 10. The second-order valence-corrected chi connectivity index (χ2v) is 14.4. The predicted octanol–water partition coefficient (Wildman–Crippen LogP) is 3.34. The lowest BCUT2D eigenvalue weighted by Crippen LogP contribution is -2.78. The number of carbonyl (C=O) groups is 1. The first-order valence-electron chi connectivity index (χ1n) is 16.1. The van der Waals surface area contributed by atoms with Gasteiger partial charge in [0.1, 0.15) is 0 Å². The molecular weight excluding hydrogens is 578 g/mol. The van der Waals surface area contributed by atoms with Crippen LogP contribution in [0.5, 0.6) is 17.2 Å². The largest absolute Gasteiger partial charge is 0.493 e. The summed E-state index contributed by atoms with van der Waals surface area (Å²) in [6, 6.07) is 3.78. The first-order chi connectivity index (χ1) is 21.5. The minimum Gasteiger partial charge on any atom is -0.493 e. The quantitative estimate of drug-likeness (QED) is 0.401. The van der Waals surface area contributed by atoms with Gasteiger partial charge in [-0.3, -0.25) is 4.79 Å². The smallest absolute Gasteiger partial charge is 0.203 e. The van der Waals surface area contributed by atoms with Crippen LogP contribution in [0, 0.1) is 34.0 Å². The van der Waals surface area contributed by atoms with Crippen LogP contribution in [0.1, 0.15) is 57.2 Å². The molecular formula is C34H45N3O8. The fourth-order valence-corrected chi connectivity index (χ4v) is 10.3. The molecule has 2 aliphatic heterocycles. The second-order valence-electron chi connectivity index (χ2n) is 14.4. The van der Waals surface area contributed by atoms with Crippen LogP contribution in [0.2, 0.25) is 0 Å². The first-order valence-corrected chi connectivity index (χ1v) is 16.1. The average molecular weight is 624 g/mol. The number of Topliss-reactive ketones (excluding diaryl/α,β-unsaturated/α-hetero) is 1. The van der Waals surface area contributed by atoms with Crippen molar-refractivity contribution in [3.63, 3.8) is 0 Å². The SMILES string of the molecule is C=C1C(=O)[C@]23[C@H](O)[C@H]1C[C@H](O)[C@H]2[C@]12CCCC(C)(C)[C@H]1C[C@H]3O[C@@H]2OCCc1cn(Cc2cc(OC)c(OC)c(OC)c2)nn1. The summed E-state index contributed by atoms with van der Waals surface area (Å²) >= 11 is 0. The number of methoxy groups -OCH3 is 3. The van der Waals surface area contributed by atoms with Gasteiger partial charge in [0.2, 0.25) is 5.75 Å².